The number of carbonyl (C=O) groups excluding carboxylic acids is 1. The van der Waals surface area contributed by atoms with E-state index in [4.69, 9.17) is 4.74 Å². The molecule has 0 aliphatic carbocycles. The van der Waals surface area contributed by atoms with E-state index in [2.05, 4.69) is 0 Å². The van der Waals surface area contributed by atoms with E-state index in [0.717, 1.165) is 0 Å². The molecule has 0 saturated carbocycles. The number of hydrogen-bond donors (Lipinski definition) is 0. The summed E-state index contributed by atoms with van der Waals surface area (Å²) in [6.45, 7) is 5.27. The summed E-state index contributed by atoms with van der Waals surface area (Å²) in [5, 5.41) is 0. The van der Waals surface area contributed by atoms with Crippen molar-refractivity contribution in [1.82, 2.24) is 0 Å². The van der Waals surface area contributed by atoms with Crippen molar-refractivity contribution >= 4 is 6.29 Å². The van der Waals surface area contributed by atoms with Crippen LogP contribution in [0.2, 0.25) is 0 Å². The van der Waals surface area contributed by atoms with Crippen LogP contribution in [0.15, 0.2) is 12.1 Å². The minimum absolute atomic E-state index is 0.0291. The molecule has 1 aromatic carbocycles. The summed E-state index contributed by atoms with van der Waals surface area (Å²) in [4.78, 5) is 10.7. The largest absolute Gasteiger partial charge is 0.490 e. The molecule has 0 unspecified atom stereocenters. The van der Waals surface area contributed by atoms with E-state index in [1.807, 2.05) is 13.8 Å². The van der Waals surface area contributed by atoms with E-state index in [1.54, 1.807) is 6.92 Å². The van der Waals surface area contributed by atoms with Gasteiger partial charge in [-0.3, -0.25) is 4.79 Å². The number of benzene rings is 1. The van der Waals surface area contributed by atoms with Gasteiger partial charge in [0.1, 0.15) is 11.6 Å². The molecule has 0 N–H and O–H groups in total. The Morgan fingerprint density at radius 1 is 1.43 bits per heavy atom. The molecular formula is C11H13FO2. The first-order valence-electron chi connectivity index (χ1n) is 4.47. The average Bonchev–Trinajstić information content (AvgIpc) is 2.11. The average molecular weight is 196 g/mol. The number of carbonyl (C=O) groups is 1. The van der Waals surface area contributed by atoms with Crippen LogP contribution in [0, 0.1) is 12.7 Å². The second-order valence-corrected chi connectivity index (χ2v) is 3.37. The Morgan fingerprint density at radius 2 is 2.07 bits per heavy atom. The van der Waals surface area contributed by atoms with Gasteiger partial charge in [-0.25, -0.2) is 4.39 Å². The van der Waals surface area contributed by atoms with Gasteiger partial charge in [0, 0.05) is 0 Å². The zero-order valence-corrected chi connectivity index (χ0v) is 8.50. The SMILES string of the molecule is Cc1c(F)ccc(OC(C)C)c1C=O. The minimum atomic E-state index is -0.386. The molecule has 1 rings (SSSR count). The predicted molar refractivity (Wildman–Crippen MR) is 52.3 cm³/mol. The fourth-order valence-corrected chi connectivity index (χ4v) is 1.18. The van der Waals surface area contributed by atoms with Gasteiger partial charge in [0.05, 0.1) is 11.7 Å². The highest BCUT2D eigenvalue weighted by Gasteiger charge is 2.11. The van der Waals surface area contributed by atoms with Crippen LogP contribution in [-0.4, -0.2) is 12.4 Å². The summed E-state index contributed by atoms with van der Waals surface area (Å²) in [5.74, 6) is 0.0529. The Hall–Kier alpha value is -1.38. The summed E-state index contributed by atoms with van der Waals surface area (Å²) in [7, 11) is 0. The van der Waals surface area contributed by atoms with Crippen LogP contribution in [-0.2, 0) is 0 Å². The maximum absolute atomic E-state index is 13.1. The highest BCUT2D eigenvalue weighted by Crippen LogP contribution is 2.23. The molecule has 0 atom stereocenters. The third kappa shape index (κ3) is 2.10. The van der Waals surface area contributed by atoms with Gasteiger partial charge in [0.15, 0.2) is 6.29 Å². The number of hydrogen-bond acceptors (Lipinski definition) is 2. The Bertz CT molecular complexity index is 345. The lowest BCUT2D eigenvalue weighted by Crippen LogP contribution is -2.08. The highest BCUT2D eigenvalue weighted by atomic mass is 19.1. The Kier molecular flexibility index (Phi) is 3.23. The Balaban J connectivity index is 3.17. The fraction of sp³-hybridized carbons (Fsp3) is 0.364. The van der Waals surface area contributed by atoms with Crippen molar-refractivity contribution < 1.29 is 13.9 Å². The van der Waals surface area contributed by atoms with Gasteiger partial charge in [-0.2, -0.15) is 0 Å². The van der Waals surface area contributed by atoms with Gasteiger partial charge < -0.3 is 4.74 Å². The smallest absolute Gasteiger partial charge is 0.154 e. The lowest BCUT2D eigenvalue weighted by Gasteiger charge is -2.13. The molecule has 0 radical (unpaired) electrons. The number of rotatable bonds is 3. The molecule has 2 nitrogen and oxygen atoms in total. The first-order chi connectivity index (χ1) is 6.56. The standard InChI is InChI=1S/C11H13FO2/c1-7(2)14-11-5-4-10(12)8(3)9(11)6-13/h4-7H,1-3H3. The van der Waals surface area contributed by atoms with E-state index in [9.17, 15) is 9.18 Å². The first-order valence-corrected chi connectivity index (χ1v) is 4.47. The van der Waals surface area contributed by atoms with Crippen LogP contribution in [0.4, 0.5) is 4.39 Å². The zero-order valence-electron chi connectivity index (χ0n) is 8.50. The summed E-state index contributed by atoms with van der Waals surface area (Å²) >= 11 is 0. The molecule has 0 aliphatic rings. The third-order valence-corrected chi connectivity index (χ3v) is 1.89. The predicted octanol–water partition coefficient (Wildman–Crippen LogP) is 2.73. The molecule has 0 heterocycles. The van der Waals surface area contributed by atoms with Crippen molar-refractivity contribution in [3.63, 3.8) is 0 Å². The monoisotopic (exact) mass is 196 g/mol. The van der Waals surface area contributed by atoms with Crippen LogP contribution in [0.5, 0.6) is 5.75 Å². The summed E-state index contributed by atoms with van der Waals surface area (Å²) < 4.78 is 18.4. The van der Waals surface area contributed by atoms with Crippen molar-refractivity contribution in [2.45, 2.75) is 26.9 Å². The summed E-state index contributed by atoms with van der Waals surface area (Å²) in [6.07, 6.45) is 0.592. The molecule has 0 amide bonds. The number of ether oxygens (including phenoxy) is 1. The number of halogens is 1. The second-order valence-electron chi connectivity index (χ2n) is 3.37. The van der Waals surface area contributed by atoms with Gasteiger partial charge >= 0.3 is 0 Å². The fourth-order valence-electron chi connectivity index (χ4n) is 1.18. The van der Waals surface area contributed by atoms with Crippen LogP contribution in [0.1, 0.15) is 29.8 Å². The van der Waals surface area contributed by atoms with E-state index in [1.165, 1.54) is 12.1 Å². The van der Waals surface area contributed by atoms with Gasteiger partial charge in [0.25, 0.3) is 0 Å². The molecule has 0 fully saturated rings. The molecule has 14 heavy (non-hydrogen) atoms. The Morgan fingerprint density at radius 3 is 2.57 bits per heavy atom. The molecule has 76 valence electrons. The maximum atomic E-state index is 13.1. The van der Waals surface area contributed by atoms with Crippen LogP contribution < -0.4 is 4.74 Å². The van der Waals surface area contributed by atoms with Gasteiger partial charge in [-0.15, -0.1) is 0 Å². The van der Waals surface area contributed by atoms with E-state index >= 15 is 0 Å². The van der Waals surface area contributed by atoms with Crippen molar-refractivity contribution in [3.8, 4) is 5.75 Å². The van der Waals surface area contributed by atoms with E-state index in [-0.39, 0.29) is 11.9 Å². The molecule has 0 saturated heterocycles. The molecule has 0 spiro atoms. The minimum Gasteiger partial charge on any atom is -0.490 e. The molecular weight excluding hydrogens is 183 g/mol. The lowest BCUT2D eigenvalue weighted by molar-refractivity contribution is 0.111. The van der Waals surface area contributed by atoms with Crippen molar-refractivity contribution in [2.24, 2.45) is 0 Å². The normalized spacial score (nSPS) is 10.4. The van der Waals surface area contributed by atoms with Crippen molar-refractivity contribution in [3.05, 3.63) is 29.1 Å². The Labute approximate surface area is 82.7 Å². The highest BCUT2D eigenvalue weighted by molar-refractivity contribution is 5.81. The van der Waals surface area contributed by atoms with Gasteiger partial charge in [-0.1, -0.05) is 0 Å². The zero-order chi connectivity index (χ0) is 10.7. The lowest BCUT2D eigenvalue weighted by atomic mass is 10.1. The van der Waals surface area contributed by atoms with Crippen LogP contribution in [0.3, 0.4) is 0 Å². The van der Waals surface area contributed by atoms with E-state index in [0.29, 0.717) is 23.2 Å². The topological polar surface area (TPSA) is 26.3 Å². The molecule has 0 aliphatic heterocycles. The van der Waals surface area contributed by atoms with Crippen molar-refractivity contribution in [1.29, 1.82) is 0 Å². The van der Waals surface area contributed by atoms with Crippen LogP contribution in [0.25, 0.3) is 0 Å². The first kappa shape index (κ1) is 10.7. The summed E-state index contributed by atoms with van der Waals surface area (Å²) in [6, 6.07) is 2.78. The van der Waals surface area contributed by atoms with Crippen molar-refractivity contribution in [2.75, 3.05) is 0 Å². The van der Waals surface area contributed by atoms with Gasteiger partial charge in [0.2, 0.25) is 0 Å². The molecule has 3 heteroatoms. The molecule has 0 aromatic heterocycles. The second kappa shape index (κ2) is 4.22. The molecule has 1 aromatic rings. The van der Waals surface area contributed by atoms with Gasteiger partial charge in [-0.05, 0) is 38.5 Å². The maximum Gasteiger partial charge on any atom is 0.154 e. The third-order valence-electron chi connectivity index (χ3n) is 1.89. The quantitative estimate of drug-likeness (QED) is 0.695. The molecule has 0 bridgehead atoms. The van der Waals surface area contributed by atoms with Crippen LogP contribution >= 0.6 is 0 Å². The summed E-state index contributed by atoms with van der Waals surface area (Å²) in [5.41, 5.74) is 0.622. The number of aldehydes is 1. The van der Waals surface area contributed by atoms with E-state index < -0.39 is 0 Å².